The number of nitrogens with zero attached hydrogens (tertiary/aromatic N) is 1. The van der Waals surface area contributed by atoms with Crippen molar-refractivity contribution in [2.24, 2.45) is 0 Å². The minimum atomic E-state index is -0.828. The summed E-state index contributed by atoms with van der Waals surface area (Å²) in [6.45, 7) is 3.46. The Hall–Kier alpha value is -2.08. The molecule has 1 heterocycles. The molecule has 1 spiro atoms. The van der Waals surface area contributed by atoms with Crippen molar-refractivity contribution < 1.29 is 14.4 Å². The van der Waals surface area contributed by atoms with Crippen LogP contribution < -0.4 is 10.6 Å². The molecule has 1 aliphatic carbocycles. The van der Waals surface area contributed by atoms with Crippen LogP contribution in [0.5, 0.6) is 0 Å². The van der Waals surface area contributed by atoms with Gasteiger partial charge in [0.2, 0.25) is 5.91 Å². The van der Waals surface area contributed by atoms with Crippen LogP contribution in [0.25, 0.3) is 0 Å². The van der Waals surface area contributed by atoms with Gasteiger partial charge < -0.3 is 10.6 Å². The third-order valence-corrected chi connectivity index (χ3v) is 5.50. The number of urea groups is 1. The average molecular weight is 378 g/mol. The number of carbonyl (C=O) groups is 3. The van der Waals surface area contributed by atoms with E-state index in [0.717, 1.165) is 41.7 Å². The van der Waals surface area contributed by atoms with Crippen LogP contribution in [0.1, 0.15) is 49.7 Å². The molecule has 6 nitrogen and oxygen atoms in total. The largest absolute Gasteiger partial charge is 0.325 e. The van der Waals surface area contributed by atoms with Gasteiger partial charge in [-0.3, -0.25) is 14.5 Å². The van der Waals surface area contributed by atoms with Crippen LogP contribution in [0.2, 0.25) is 5.02 Å². The normalized spacial score (nSPS) is 19.4. The molecule has 7 heteroatoms. The first-order valence-electron chi connectivity index (χ1n) is 9.03. The Morgan fingerprint density at radius 1 is 1.19 bits per heavy atom. The van der Waals surface area contributed by atoms with E-state index in [4.69, 9.17) is 11.6 Å². The number of hydrogen-bond acceptors (Lipinski definition) is 3. The van der Waals surface area contributed by atoms with Gasteiger partial charge in [-0.1, -0.05) is 43.4 Å². The summed E-state index contributed by atoms with van der Waals surface area (Å²) in [6, 6.07) is 3.19. The Morgan fingerprint density at radius 3 is 2.46 bits per heavy atom. The number of hydrogen-bond donors (Lipinski definition) is 2. The molecule has 2 N–H and O–H groups in total. The summed E-state index contributed by atoms with van der Waals surface area (Å²) in [7, 11) is 0. The monoisotopic (exact) mass is 377 g/mol. The quantitative estimate of drug-likeness (QED) is 0.791. The number of carbonyl (C=O) groups excluding carboxylic acids is 3. The Kier molecular flexibility index (Phi) is 5.23. The smallest absolute Gasteiger partial charge is 0.323 e. The predicted molar refractivity (Wildman–Crippen MR) is 100 cm³/mol. The predicted octanol–water partition coefficient (Wildman–Crippen LogP) is 3.54. The highest BCUT2D eigenvalue weighted by atomic mass is 35.5. The van der Waals surface area contributed by atoms with Crippen molar-refractivity contribution in [2.45, 2.75) is 57.9 Å². The molecule has 3 rings (SSSR count). The summed E-state index contributed by atoms with van der Waals surface area (Å²) < 4.78 is 0. The van der Waals surface area contributed by atoms with Crippen LogP contribution in [0.3, 0.4) is 0 Å². The molecule has 0 bridgehead atoms. The minimum absolute atomic E-state index is 0.286. The summed E-state index contributed by atoms with van der Waals surface area (Å²) in [6.07, 6.45) is 5.22. The third-order valence-electron chi connectivity index (χ3n) is 5.20. The maximum Gasteiger partial charge on any atom is 0.325 e. The minimum Gasteiger partial charge on any atom is -0.323 e. The van der Waals surface area contributed by atoms with Crippen LogP contribution in [-0.4, -0.2) is 34.8 Å². The van der Waals surface area contributed by atoms with E-state index in [-0.39, 0.29) is 12.5 Å². The van der Waals surface area contributed by atoms with Crippen LogP contribution >= 0.6 is 11.6 Å². The van der Waals surface area contributed by atoms with E-state index >= 15 is 0 Å². The summed E-state index contributed by atoms with van der Waals surface area (Å²) in [5.41, 5.74) is 1.51. The fourth-order valence-electron chi connectivity index (χ4n) is 3.89. The van der Waals surface area contributed by atoms with Gasteiger partial charge in [0.25, 0.3) is 5.91 Å². The van der Waals surface area contributed by atoms with Crippen molar-refractivity contribution in [3.8, 4) is 0 Å². The first kappa shape index (κ1) is 18.7. The molecule has 26 heavy (non-hydrogen) atoms. The van der Waals surface area contributed by atoms with E-state index in [1.165, 1.54) is 0 Å². The maximum absolute atomic E-state index is 12.8. The summed E-state index contributed by atoms with van der Waals surface area (Å²) in [5.74, 6) is -0.723. The van der Waals surface area contributed by atoms with Crippen LogP contribution in [-0.2, 0) is 9.59 Å². The lowest BCUT2D eigenvalue weighted by atomic mass is 9.90. The van der Waals surface area contributed by atoms with Crippen molar-refractivity contribution in [3.63, 3.8) is 0 Å². The molecule has 0 atom stereocenters. The zero-order valence-electron chi connectivity index (χ0n) is 15.2. The molecular weight excluding hydrogens is 354 g/mol. The highest BCUT2D eigenvalue weighted by Crippen LogP contribution is 2.33. The Balaban J connectivity index is 1.71. The van der Waals surface area contributed by atoms with E-state index < -0.39 is 17.5 Å². The molecule has 2 fully saturated rings. The highest BCUT2D eigenvalue weighted by Gasteiger charge is 2.51. The van der Waals surface area contributed by atoms with Crippen molar-refractivity contribution in [2.75, 3.05) is 11.9 Å². The van der Waals surface area contributed by atoms with E-state index in [2.05, 4.69) is 10.6 Å². The molecule has 1 aromatic carbocycles. The molecule has 0 radical (unpaired) electrons. The van der Waals surface area contributed by atoms with Crippen LogP contribution in [0.4, 0.5) is 10.5 Å². The molecule has 0 unspecified atom stereocenters. The number of rotatable bonds is 3. The zero-order valence-corrected chi connectivity index (χ0v) is 15.9. The average Bonchev–Trinajstić information content (AvgIpc) is 2.73. The molecule has 1 saturated carbocycles. The molecule has 0 aromatic heterocycles. The molecule has 140 valence electrons. The fraction of sp³-hybridized carbons (Fsp3) is 0.526. The first-order valence-corrected chi connectivity index (χ1v) is 9.41. The molecule has 2 aliphatic rings. The van der Waals surface area contributed by atoms with E-state index in [0.29, 0.717) is 23.6 Å². The fourth-order valence-corrected chi connectivity index (χ4v) is 4.26. The summed E-state index contributed by atoms with van der Waals surface area (Å²) in [5, 5.41) is 6.01. The lowest BCUT2D eigenvalue weighted by Gasteiger charge is -2.24. The van der Waals surface area contributed by atoms with Gasteiger partial charge >= 0.3 is 6.03 Å². The second kappa shape index (κ2) is 7.27. The van der Waals surface area contributed by atoms with Crippen molar-refractivity contribution in [1.29, 1.82) is 0 Å². The molecule has 1 aromatic rings. The lowest BCUT2D eigenvalue weighted by molar-refractivity contribution is -0.134. The Bertz CT molecular complexity index is 731. The van der Waals surface area contributed by atoms with Crippen LogP contribution in [0, 0.1) is 13.8 Å². The van der Waals surface area contributed by atoms with Gasteiger partial charge in [0.15, 0.2) is 0 Å². The SMILES string of the molecule is Cc1cc(C)c(NC(=O)CN2C(=O)NC3(CCCCCC3)C2=O)c(Cl)c1. The van der Waals surface area contributed by atoms with E-state index in [9.17, 15) is 14.4 Å². The van der Waals surface area contributed by atoms with Crippen molar-refractivity contribution in [1.82, 2.24) is 10.2 Å². The van der Waals surface area contributed by atoms with Gasteiger partial charge in [-0.2, -0.15) is 0 Å². The zero-order chi connectivity index (χ0) is 18.9. The van der Waals surface area contributed by atoms with E-state index in [1.54, 1.807) is 6.07 Å². The van der Waals surface area contributed by atoms with Crippen molar-refractivity contribution >= 4 is 35.1 Å². The number of nitrogens with one attached hydrogen (secondary N) is 2. The number of amides is 4. The standard InChI is InChI=1S/C19H24ClN3O3/c1-12-9-13(2)16(14(20)10-12)21-15(24)11-23-17(25)19(22-18(23)26)7-5-3-4-6-8-19/h9-10H,3-8,11H2,1-2H3,(H,21,24)(H,22,26). The highest BCUT2D eigenvalue weighted by molar-refractivity contribution is 6.34. The molecule has 4 amide bonds. The van der Waals surface area contributed by atoms with Gasteiger partial charge in [-0.15, -0.1) is 0 Å². The van der Waals surface area contributed by atoms with Gasteiger partial charge in [0.1, 0.15) is 12.1 Å². The molecular formula is C19H24ClN3O3. The number of aryl methyl sites for hydroxylation is 2. The Morgan fingerprint density at radius 2 is 1.85 bits per heavy atom. The first-order chi connectivity index (χ1) is 12.3. The van der Waals surface area contributed by atoms with Gasteiger partial charge in [-0.25, -0.2) is 4.79 Å². The van der Waals surface area contributed by atoms with Crippen molar-refractivity contribution in [3.05, 3.63) is 28.3 Å². The third kappa shape index (κ3) is 3.56. The summed E-state index contributed by atoms with van der Waals surface area (Å²) >= 11 is 6.21. The second-order valence-electron chi connectivity index (χ2n) is 7.30. The van der Waals surface area contributed by atoms with Gasteiger partial charge in [0.05, 0.1) is 10.7 Å². The summed E-state index contributed by atoms with van der Waals surface area (Å²) in [4.78, 5) is 38.6. The second-order valence-corrected chi connectivity index (χ2v) is 7.71. The number of anilines is 1. The van der Waals surface area contributed by atoms with E-state index in [1.807, 2.05) is 19.9 Å². The molecule has 1 aliphatic heterocycles. The van der Waals surface area contributed by atoms with Crippen LogP contribution in [0.15, 0.2) is 12.1 Å². The lowest BCUT2D eigenvalue weighted by Crippen LogP contribution is -2.47. The maximum atomic E-state index is 12.8. The molecule has 1 saturated heterocycles. The Labute approximate surface area is 158 Å². The van der Waals surface area contributed by atoms with Gasteiger partial charge in [0, 0.05) is 0 Å². The topological polar surface area (TPSA) is 78.5 Å². The number of benzene rings is 1. The number of halogens is 1. The number of imide groups is 1. The van der Waals surface area contributed by atoms with Gasteiger partial charge in [-0.05, 0) is 43.9 Å².